The molecular weight excluding hydrogens is 264 g/mol. The zero-order valence-corrected chi connectivity index (χ0v) is 11.4. The molecule has 4 nitrogen and oxygen atoms in total. The van der Waals surface area contributed by atoms with Gasteiger partial charge in [-0.05, 0) is 18.6 Å². The molecule has 1 aromatic heterocycles. The monoisotopic (exact) mass is 281 g/mol. The number of nitrogens with zero attached hydrogens (tertiary/aromatic N) is 2. The fraction of sp³-hybridized carbons (Fsp3) is 0.357. The van der Waals surface area contributed by atoms with E-state index >= 15 is 0 Å². The topological polar surface area (TPSA) is 53.1 Å². The van der Waals surface area contributed by atoms with E-state index in [1.807, 2.05) is 6.92 Å². The van der Waals surface area contributed by atoms with Crippen molar-refractivity contribution in [3.05, 3.63) is 47.8 Å². The summed E-state index contributed by atoms with van der Waals surface area (Å²) in [6.07, 6.45) is 3.67. The zero-order valence-electron chi connectivity index (χ0n) is 11.4. The van der Waals surface area contributed by atoms with Crippen LogP contribution in [0, 0.1) is 11.6 Å². The highest BCUT2D eigenvalue weighted by atomic mass is 19.2. The molecule has 0 saturated carbocycles. The maximum Gasteiger partial charge on any atom is 0.162 e. The lowest BCUT2D eigenvalue weighted by Crippen LogP contribution is -2.31. The normalized spacial score (nSPS) is 14.1. The third-order valence-corrected chi connectivity index (χ3v) is 3.07. The second kappa shape index (κ2) is 6.00. The Labute approximate surface area is 116 Å². The molecule has 0 fully saturated rings. The molecule has 0 saturated heterocycles. The maximum atomic E-state index is 13.2. The molecule has 1 aromatic carbocycles. The van der Waals surface area contributed by atoms with Crippen molar-refractivity contribution < 1.29 is 13.5 Å². The van der Waals surface area contributed by atoms with Crippen molar-refractivity contribution in [2.45, 2.75) is 25.5 Å². The van der Waals surface area contributed by atoms with Gasteiger partial charge < -0.3 is 10.5 Å². The van der Waals surface area contributed by atoms with Crippen LogP contribution in [0.4, 0.5) is 8.78 Å². The molecule has 2 unspecified atom stereocenters. The van der Waals surface area contributed by atoms with E-state index in [1.165, 1.54) is 6.07 Å². The van der Waals surface area contributed by atoms with Gasteiger partial charge in [-0.15, -0.1) is 0 Å². The van der Waals surface area contributed by atoms with Crippen molar-refractivity contribution in [2.24, 2.45) is 12.8 Å². The largest absolute Gasteiger partial charge is 0.484 e. The quantitative estimate of drug-likeness (QED) is 0.916. The van der Waals surface area contributed by atoms with Crippen LogP contribution >= 0.6 is 0 Å². The lowest BCUT2D eigenvalue weighted by atomic mass is 10.0. The first kappa shape index (κ1) is 14.5. The molecule has 6 heteroatoms. The second-order valence-corrected chi connectivity index (χ2v) is 4.63. The van der Waals surface area contributed by atoms with Crippen molar-refractivity contribution in [3.63, 3.8) is 0 Å². The first-order valence-corrected chi connectivity index (χ1v) is 6.37. The van der Waals surface area contributed by atoms with Crippen LogP contribution in [-0.4, -0.2) is 15.8 Å². The minimum absolute atomic E-state index is 0.238. The molecule has 20 heavy (non-hydrogen) atoms. The number of halogens is 2. The Morgan fingerprint density at radius 3 is 2.65 bits per heavy atom. The van der Waals surface area contributed by atoms with Crippen LogP contribution in [0.25, 0.3) is 0 Å². The second-order valence-electron chi connectivity index (χ2n) is 4.63. The molecule has 0 aliphatic rings. The molecule has 0 aliphatic carbocycles. The van der Waals surface area contributed by atoms with E-state index in [0.717, 1.165) is 17.7 Å². The number of hydrogen-bond acceptors (Lipinski definition) is 3. The Kier molecular flexibility index (Phi) is 4.34. The highest BCUT2D eigenvalue weighted by Crippen LogP contribution is 2.26. The third kappa shape index (κ3) is 3.14. The fourth-order valence-corrected chi connectivity index (χ4v) is 1.90. The highest BCUT2D eigenvalue weighted by molar-refractivity contribution is 5.25. The number of ether oxygens (including phenoxy) is 1. The minimum Gasteiger partial charge on any atom is -0.484 e. The smallest absolute Gasteiger partial charge is 0.162 e. The van der Waals surface area contributed by atoms with Gasteiger partial charge in [0.15, 0.2) is 11.6 Å². The first-order chi connectivity index (χ1) is 9.51. The van der Waals surface area contributed by atoms with Crippen molar-refractivity contribution in [1.82, 2.24) is 9.78 Å². The number of aromatic nitrogens is 2. The molecule has 0 radical (unpaired) electrons. The lowest BCUT2D eigenvalue weighted by Gasteiger charge is -2.23. The van der Waals surface area contributed by atoms with Gasteiger partial charge >= 0.3 is 0 Å². The predicted molar refractivity (Wildman–Crippen MR) is 71.2 cm³/mol. The predicted octanol–water partition coefficient (Wildman–Crippen LogP) is 2.56. The molecule has 2 rings (SSSR count). The Morgan fingerprint density at radius 2 is 2.10 bits per heavy atom. The summed E-state index contributed by atoms with van der Waals surface area (Å²) in [5, 5.41) is 4.07. The number of aryl methyl sites for hydroxylation is 1. The van der Waals surface area contributed by atoms with Gasteiger partial charge in [-0.2, -0.15) is 5.10 Å². The van der Waals surface area contributed by atoms with Crippen molar-refractivity contribution >= 4 is 0 Å². The number of hydrogen-bond donors (Lipinski definition) is 1. The molecule has 0 aliphatic heterocycles. The van der Waals surface area contributed by atoms with Gasteiger partial charge in [0.25, 0.3) is 0 Å². The van der Waals surface area contributed by atoms with E-state index in [2.05, 4.69) is 5.10 Å². The van der Waals surface area contributed by atoms with E-state index in [-0.39, 0.29) is 11.8 Å². The Morgan fingerprint density at radius 1 is 1.35 bits per heavy atom. The maximum absolute atomic E-state index is 13.2. The SMILES string of the molecule is CCC(N)C(Oc1ccc(F)c(F)c1)c1cnn(C)c1. The van der Waals surface area contributed by atoms with Crippen molar-refractivity contribution in [2.75, 3.05) is 0 Å². The van der Waals surface area contributed by atoms with E-state index in [4.69, 9.17) is 10.5 Å². The van der Waals surface area contributed by atoms with E-state index in [9.17, 15) is 8.78 Å². The summed E-state index contributed by atoms with van der Waals surface area (Å²) in [6, 6.07) is 3.15. The Hall–Kier alpha value is -1.95. The van der Waals surface area contributed by atoms with Gasteiger partial charge in [-0.25, -0.2) is 8.78 Å². The van der Waals surface area contributed by atoms with Crippen LogP contribution in [0.15, 0.2) is 30.6 Å². The Balaban J connectivity index is 2.25. The van der Waals surface area contributed by atoms with E-state index < -0.39 is 17.7 Å². The van der Waals surface area contributed by atoms with Crippen LogP contribution in [-0.2, 0) is 7.05 Å². The van der Waals surface area contributed by atoms with Crippen LogP contribution in [0.2, 0.25) is 0 Å². The summed E-state index contributed by atoms with van der Waals surface area (Å²) in [7, 11) is 1.79. The molecule has 2 N–H and O–H groups in total. The van der Waals surface area contributed by atoms with E-state index in [1.54, 1.807) is 24.1 Å². The summed E-state index contributed by atoms with van der Waals surface area (Å²) >= 11 is 0. The van der Waals surface area contributed by atoms with Gasteiger partial charge in [-0.3, -0.25) is 4.68 Å². The summed E-state index contributed by atoms with van der Waals surface area (Å²) in [6.45, 7) is 1.93. The third-order valence-electron chi connectivity index (χ3n) is 3.07. The molecular formula is C14H17F2N3O. The fourth-order valence-electron chi connectivity index (χ4n) is 1.90. The Bertz CT molecular complexity index is 586. The number of rotatable bonds is 5. The average molecular weight is 281 g/mol. The van der Waals surface area contributed by atoms with Gasteiger partial charge in [0.05, 0.1) is 6.20 Å². The van der Waals surface area contributed by atoms with Gasteiger partial charge in [0, 0.05) is 30.9 Å². The molecule has 0 spiro atoms. The summed E-state index contributed by atoms with van der Waals surface area (Å²) in [5.74, 6) is -1.62. The zero-order chi connectivity index (χ0) is 14.7. The number of benzene rings is 1. The molecule has 0 amide bonds. The summed E-state index contributed by atoms with van der Waals surface area (Å²) < 4.78 is 33.5. The van der Waals surface area contributed by atoms with Crippen LogP contribution in [0.5, 0.6) is 5.75 Å². The molecule has 2 aromatic rings. The standard InChI is InChI=1S/C14H17F2N3O/c1-3-13(17)14(9-7-18-19(2)8-9)20-10-4-5-11(15)12(16)6-10/h4-8,13-14H,3,17H2,1-2H3. The minimum atomic E-state index is -0.947. The van der Waals surface area contributed by atoms with Gasteiger partial charge in [0.2, 0.25) is 0 Å². The average Bonchev–Trinajstić information content (AvgIpc) is 2.85. The van der Waals surface area contributed by atoms with Crippen LogP contribution in [0.3, 0.4) is 0 Å². The van der Waals surface area contributed by atoms with Crippen molar-refractivity contribution in [1.29, 1.82) is 0 Å². The number of nitrogens with two attached hydrogens (primary N) is 1. The molecule has 1 heterocycles. The van der Waals surface area contributed by atoms with Gasteiger partial charge in [-0.1, -0.05) is 6.92 Å². The molecule has 108 valence electrons. The molecule has 0 bridgehead atoms. The van der Waals surface area contributed by atoms with Crippen LogP contribution in [0.1, 0.15) is 25.0 Å². The van der Waals surface area contributed by atoms with Gasteiger partial charge in [0.1, 0.15) is 11.9 Å². The highest BCUT2D eigenvalue weighted by Gasteiger charge is 2.22. The van der Waals surface area contributed by atoms with Crippen LogP contribution < -0.4 is 10.5 Å². The lowest BCUT2D eigenvalue weighted by molar-refractivity contribution is 0.170. The first-order valence-electron chi connectivity index (χ1n) is 6.37. The van der Waals surface area contributed by atoms with E-state index in [0.29, 0.717) is 6.42 Å². The van der Waals surface area contributed by atoms with Crippen molar-refractivity contribution in [3.8, 4) is 5.75 Å². The summed E-state index contributed by atoms with van der Waals surface area (Å²) in [5.41, 5.74) is 6.84. The summed E-state index contributed by atoms with van der Waals surface area (Å²) in [4.78, 5) is 0. The molecule has 2 atom stereocenters.